The molecule has 0 saturated carbocycles. The minimum atomic E-state index is -2.31. The topological polar surface area (TPSA) is 194 Å². The molecule has 0 bridgehead atoms. The molecule has 2 aromatic rings. The Morgan fingerprint density at radius 1 is 0.892 bits per heavy atom. The highest BCUT2D eigenvalue weighted by molar-refractivity contribution is 6.74. The molecule has 17 heteroatoms. The first-order valence-electron chi connectivity index (χ1n) is 22.9. The summed E-state index contributed by atoms with van der Waals surface area (Å²) in [7, 11) is -2.92. The number of allylic oxidation sites excluding steroid dienone is 2. The third-order valence-electron chi connectivity index (χ3n) is 12.0. The van der Waals surface area contributed by atoms with Crippen LogP contribution in [-0.2, 0) is 25.4 Å². The molecule has 15 nitrogen and oxygen atoms in total. The minimum Gasteiger partial charge on any atom is -0.541 e. The Labute approximate surface area is 388 Å². The lowest BCUT2D eigenvalue weighted by Crippen LogP contribution is -2.53. The van der Waals surface area contributed by atoms with Crippen LogP contribution in [0.1, 0.15) is 111 Å². The summed E-state index contributed by atoms with van der Waals surface area (Å²) < 4.78 is 25.3. The molecule has 1 heterocycles. The van der Waals surface area contributed by atoms with Crippen LogP contribution in [0, 0.1) is 5.92 Å². The predicted molar refractivity (Wildman–Crippen MR) is 262 cm³/mol. The number of amides is 5. The maximum Gasteiger partial charge on any atom is 0.411 e. The van der Waals surface area contributed by atoms with Crippen molar-refractivity contribution in [1.29, 1.82) is 0 Å². The molecule has 0 aliphatic carbocycles. The van der Waals surface area contributed by atoms with Gasteiger partial charge in [0.15, 0.2) is 14.1 Å². The van der Waals surface area contributed by atoms with Gasteiger partial charge in [-0.05, 0) is 91.8 Å². The molecule has 0 fully saturated rings. The van der Waals surface area contributed by atoms with Gasteiger partial charge in [0.05, 0.1) is 31.0 Å². The van der Waals surface area contributed by atoms with Gasteiger partial charge in [0.2, 0.25) is 11.8 Å². The van der Waals surface area contributed by atoms with Crippen molar-refractivity contribution in [2.45, 2.75) is 156 Å². The SMILES string of the molecule is C/C=C/C1=CN(C(=O)c2cc(OC)c(O[Si](CCC)(CCC)CCC)cc2NC(=O)OCc2ccc(NC(=O)[C@H](C)NC(=O)[C@@H](NC(=O)O)C(C)C)cc2)[C@H](CO[Si](C)(C)C(C)(C)C)C1. The fourth-order valence-corrected chi connectivity index (χ4v) is 13.0. The summed E-state index contributed by atoms with van der Waals surface area (Å²) in [5.41, 5.74) is 2.46. The molecular formula is C48H75N5O10Si2. The molecule has 65 heavy (non-hydrogen) atoms. The van der Waals surface area contributed by atoms with Crippen LogP contribution in [0.2, 0.25) is 36.3 Å². The largest absolute Gasteiger partial charge is 0.541 e. The van der Waals surface area contributed by atoms with Crippen LogP contribution in [0.4, 0.5) is 21.0 Å². The summed E-state index contributed by atoms with van der Waals surface area (Å²) in [5.74, 6) is -0.938. The zero-order chi connectivity index (χ0) is 48.7. The van der Waals surface area contributed by atoms with E-state index in [-0.39, 0.29) is 40.8 Å². The van der Waals surface area contributed by atoms with Crippen LogP contribution in [0.3, 0.4) is 0 Å². The van der Waals surface area contributed by atoms with E-state index in [2.05, 4.69) is 75.9 Å². The van der Waals surface area contributed by atoms with Crippen LogP contribution in [0.5, 0.6) is 11.5 Å². The molecule has 360 valence electrons. The Hall–Kier alpha value is -5.14. The Balaban J connectivity index is 1.92. The van der Waals surface area contributed by atoms with Gasteiger partial charge in [-0.3, -0.25) is 19.7 Å². The van der Waals surface area contributed by atoms with Crippen molar-refractivity contribution < 1.29 is 47.4 Å². The fourth-order valence-electron chi connectivity index (χ4n) is 7.53. The lowest BCUT2D eigenvalue weighted by molar-refractivity contribution is -0.128. The quantitative estimate of drug-likeness (QED) is 0.0670. The standard InChI is InChI=1S/C48H75N5O10Si2/c1-14-18-35-26-37(31-62-64(12,13)48(8,9)10)53(29-35)45(56)38-27-40(60-11)41(63-65(23-15-2,24-16-3)25-17-4)28-39(38)51-47(59)61-30-34-19-21-36(22-20-34)50-43(54)33(7)49-44(55)42(32(5)6)52-46(57)58/h14,18-22,27-29,32-33,37,42,52H,15-17,23-26,30-31H2,1-13H3,(H,49,55)(H,50,54)(H,51,59)(H,57,58)/b18-14+/t33-,37-,42-/m0/s1. The van der Waals surface area contributed by atoms with Crippen molar-refractivity contribution >= 4 is 57.9 Å². The van der Waals surface area contributed by atoms with E-state index in [1.54, 1.807) is 62.3 Å². The first-order valence-corrected chi connectivity index (χ1v) is 28.3. The van der Waals surface area contributed by atoms with Gasteiger partial charge in [0.1, 0.15) is 24.4 Å². The van der Waals surface area contributed by atoms with Crippen molar-refractivity contribution in [3.05, 3.63) is 71.5 Å². The second kappa shape index (κ2) is 24.4. The smallest absolute Gasteiger partial charge is 0.411 e. The minimum absolute atomic E-state index is 0.0218. The van der Waals surface area contributed by atoms with E-state index in [4.69, 9.17) is 23.4 Å². The number of hydrogen-bond donors (Lipinski definition) is 5. The highest BCUT2D eigenvalue weighted by Gasteiger charge is 2.40. The summed E-state index contributed by atoms with van der Waals surface area (Å²) in [6.45, 7) is 24.5. The molecule has 2 aromatic carbocycles. The fraction of sp³-hybridized carbons (Fsp3) is 0.562. The van der Waals surface area contributed by atoms with E-state index in [0.717, 1.165) is 43.0 Å². The molecule has 3 atom stereocenters. The number of carbonyl (C=O) groups excluding carboxylic acids is 4. The summed E-state index contributed by atoms with van der Waals surface area (Å²) >= 11 is 0. The van der Waals surface area contributed by atoms with Crippen molar-refractivity contribution in [3.63, 3.8) is 0 Å². The van der Waals surface area contributed by atoms with Crippen LogP contribution < -0.4 is 30.4 Å². The third kappa shape index (κ3) is 15.5. The lowest BCUT2D eigenvalue weighted by Gasteiger charge is -2.38. The number of rotatable bonds is 23. The van der Waals surface area contributed by atoms with Gasteiger partial charge >= 0.3 is 12.2 Å². The Morgan fingerprint density at radius 2 is 1.51 bits per heavy atom. The van der Waals surface area contributed by atoms with E-state index in [9.17, 15) is 24.0 Å². The highest BCUT2D eigenvalue weighted by atomic mass is 28.4. The molecule has 0 radical (unpaired) electrons. The number of anilines is 2. The van der Waals surface area contributed by atoms with Gasteiger partial charge < -0.3 is 44.3 Å². The van der Waals surface area contributed by atoms with E-state index in [0.29, 0.717) is 35.8 Å². The molecule has 5 N–H and O–H groups in total. The Kier molecular flexibility index (Phi) is 20.4. The summed E-state index contributed by atoms with van der Waals surface area (Å²) in [5, 5.41) is 19.4. The van der Waals surface area contributed by atoms with Crippen LogP contribution in [-0.4, -0.2) is 88.4 Å². The van der Waals surface area contributed by atoms with Crippen molar-refractivity contribution in [3.8, 4) is 11.5 Å². The summed E-state index contributed by atoms with van der Waals surface area (Å²) in [6, 6.07) is 10.5. The maximum absolute atomic E-state index is 14.8. The molecule has 0 unspecified atom stereocenters. The number of hydrogen-bond acceptors (Lipinski definition) is 9. The number of nitrogens with one attached hydrogen (secondary N) is 4. The zero-order valence-electron chi connectivity index (χ0n) is 40.9. The second-order valence-electron chi connectivity index (χ2n) is 18.7. The zero-order valence-corrected chi connectivity index (χ0v) is 42.9. The molecule has 0 spiro atoms. The molecule has 0 aromatic heterocycles. The number of nitrogens with zero attached hydrogens (tertiary/aromatic N) is 1. The number of benzene rings is 2. The Bertz CT molecular complexity index is 2000. The first-order chi connectivity index (χ1) is 30.5. The number of methoxy groups -OCH3 is 1. The average molecular weight is 938 g/mol. The van der Waals surface area contributed by atoms with E-state index in [1.807, 2.05) is 25.3 Å². The van der Waals surface area contributed by atoms with Crippen molar-refractivity contribution in [2.24, 2.45) is 5.92 Å². The van der Waals surface area contributed by atoms with E-state index < -0.39 is 52.7 Å². The number of carboxylic acid groups (broad SMARTS) is 1. The van der Waals surface area contributed by atoms with Crippen molar-refractivity contribution in [2.75, 3.05) is 24.4 Å². The van der Waals surface area contributed by atoms with Crippen molar-refractivity contribution in [1.82, 2.24) is 15.5 Å². The van der Waals surface area contributed by atoms with Crippen LogP contribution in [0.15, 0.2) is 60.3 Å². The maximum atomic E-state index is 14.8. The second-order valence-corrected chi connectivity index (χ2v) is 27.6. The van der Waals surface area contributed by atoms with Gasteiger partial charge in [-0.2, -0.15) is 0 Å². The average Bonchev–Trinajstić information content (AvgIpc) is 3.64. The molecule has 5 amide bonds. The molecule has 1 aliphatic heterocycles. The van der Waals surface area contributed by atoms with Gasteiger partial charge in [0.25, 0.3) is 14.2 Å². The summed E-state index contributed by atoms with van der Waals surface area (Å²) in [6.07, 6.45) is 7.17. The van der Waals surface area contributed by atoms with E-state index >= 15 is 0 Å². The molecule has 1 aliphatic rings. The monoisotopic (exact) mass is 938 g/mol. The number of carbonyl (C=O) groups is 5. The molecular weight excluding hydrogens is 863 g/mol. The Morgan fingerprint density at radius 3 is 2.03 bits per heavy atom. The van der Waals surface area contributed by atoms with Gasteiger partial charge in [-0.15, -0.1) is 0 Å². The third-order valence-corrected chi connectivity index (χ3v) is 21.4. The highest BCUT2D eigenvalue weighted by Crippen LogP contribution is 2.41. The normalized spacial score (nSPS) is 15.3. The van der Waals surface area contributed by atoms with Gasteiger partial charge in [0, 0.05) is 18.0 Å². The molecule has 3 rings (SSSR count). The van der Waals surface area contributed by atoms with Crippen LogP contribution in [0.25, 0.3) is 0 Å². The number of ether oxygens (including phenoxy) is 2. The van der Waals surface area contributed by atoms with Gasteiger partial charge in [-0.1, -0.05) is 98.9 Å². The predicted octanol–water partition coefficient (Wildman–Crippen LogP) is 10.4. The van der Waals surface area contributed by atoms with E-state index in [1.165, 1.54) is 6.92 Å². The lowest BCUT2D eigenvalue weighted by atomic mass is 10.0. The molecule has 0 saturated heterocycles. The van der Waals surface area contributed by atoms with Crippen LogP contribution >= 0.6 is 0 Å². The van der Waals surface area contributed by atoms with Gasteiger partial charge in [-0.25, -0.2) is 9.59 Å². The first kappa shape index (κ1) is 54.2. The summed E-state index contributed by atoms with van der Waals surface area (Å²) in [4.78, 5) is 67.0.